The number of hydrogen-bond donors (Lipinski definition) is 2. The van der Waals surface area contributed by atoms with Gasteiger partial charge in [-0.3, -0.25) is 0 Å². The Balaban J connectivity index is 2.30. The van der Waals surface area contributed by atoms with Gasteiger partial charge >= 0.3 is 0 Å². The first-order valence-electron chi connectivity index (χ1n) is 5.29. The summed E-state index contributed by atoms with van der Waals surface area (Å²) in [5.74, 6) is 0. The van der Waals surface area contributed by atoms with Crippen LogP contribution in [-0.2, 0) is 5.54 Å². The topological polar surface area (TPSA) is 38.0 Å². The van der Waals surface area contributed by atoms with E-state index < -0.39 is 0 Å². The molecule has 76 valence electrons. The zero-order chi connectivity index (χ0) is 10.0. The van der Waals surface area contributed by atoms with Gasteiger partial charge in [0.25, 0.3) is 0 Å². The average molecular weight is 190 g/mol. The lowest BCUT2D eigenvalue weighted by molar-refractivity contribution is 0.240. The molecule has 1 aliphatic heterocycles. The van der Waals surface area contributed by atoms with Gasteiger partial charge in [-0.15, -0.1) is 0 Å². The second kappa shape index (κ2) is 3.71. The molecule has 0 saturated carbocycles. The van der Waals surface area contributed by atoms with E-state index in [1.807, 2.05) is 6.07 Å². The zero-order valence-corrected chi connectivity index (χ0v) is 8.66. The second-order valence-electron chi connectivity index (χ2n) is 4.24. The Morgan fingerprint density at radius 3 is 2.71 bits per heavy atom. The zero-order valence-electron chi connectivity index (χ0n) is 8.66. The van der Waals surface area contributed by atoms with E-state index in [1.54, 1.807) is 0 Å². The van der Waals surface area contributed by atoms with Crippen LogP contribution in [0.4, 0.5) is 0 Å². The van der Waals surface area contributed by atoms with Crippen molar-refractivity contribution in [3.63, 3.8) is 0 Å². The lowest BCUT2D eigenvalue weighted by Crippen LogP contribution is -2.56. The molecule has 2 heteroatoms. The summed E-state index contributed by atoms with van der Waals surface area (Å²) >= 11 is 0. The molecule has 0 radical (unpaired) electrons. The molecule has 0 bridgehead atoms. The summed E-state index contributed by atoms with van der Waals surface area (Å²) < 4.78 is 0. The van der Waals surface area contributed by atoms with Crippen molar-refractivity contribution in [2.75, 3.05) is 6.54 Å². The van der Waals surface area contributed by atoms with Crippen molar-refractivity contribution in [2.45, 2.75) is 31.3 Å². The van der Waals surface area contributed by atoms with Crippen LogP contribution in [-0.4, -0.2) is 12.6 Å². The summed E-state index contributed by atoms with van der Waals surface area (Å²) in [7, 11) is 0. The fourth-order valence-corrected chi connectivity index (χ4v) is 2.19. The molecule has 2 atom stereocenters. The van der Waals surface area contributed by atoms with Crippen molar-refractivity contribution < 1.29 is 0 Å². The molecule has 1 heterocycles. The van der Waals surface area contributed by atoms with E-state index in [2.05, 4.69) is 36.5 Å². The number of rotatable bonds is 1. The molecule has 14 heavy (non-hydrogen) atoms. The van der Waals surface area contributed by atoms with Crippen LogP contribution < -0.4 is 11.1 Å². The minimum Gasteiger partial charge on any atom is -0.326 e. The van der Waals surface area contributed by atoms with E-state index in [9.17, 15) is 0 Å². The molecule has 1 aliphatic rings. The quantitative estimate of drug-likeness (QED) is 0.706. The Bertz CT molecular complexity index is 296. The van der Waals surface area contributed by atoms with Gasteiger partial charge in [0.15, 0.2) is 0 Å². The van der Waals surface area contributed by atoms with Crippen LogP contribution in [0, 0.1) is 0 Å². The highest BCUT2D eigenvalue weighted by molar-refractivity contribution is 5.26. The molecule has 1 saturated heterocycles. The van der Waals surface area contributed by atoms with E-state index >= 15 is 0 Å². The van der Waals surface area contributed by atoms with Gasteiger partial charge in [0.2, 0.25) is 0 Å². The van der Waals surface area contributed by atoms with Crippen LogP contribution in [0.15, 0.2) is 30.3 Å². The van der Waals surface area contributed by atoms with Crippen molar-refractivity contribution >= 4 is 0 Å². The van der Waals surface area contributed by atoms with Crippen molar-refractivity contribution in [1.82, 2.24) is 5.32 Å². The Labute approximate surface area is 85.5 Å². The standard InChI is InChI=1S/C12H18N2/c1-12(10-6-3-2-4-7-10)11(13)8-5-9-14-12/h2-4,6-7,11,14H,5,8-9,13H2,1H3. The van der Waals surface area contributed by atoms with Gasteiger partial charge in [-0.1, -0.05) is 30.3 Å². The summed E-state index contributed by atoms with van der Waals surface area (Å²) in [6, 6.07) is 10.7. The van der Waals surface area contributed by atoms with Gasteiger partial charge in [0, 0.05) is 6.04 Å². The van der Waals surface area contributed by atoms with Crippen LogP contribution in [0.5, 0.6) is 0 Å². The monoisotopic (exact) mass is 190 g/mol. The Kier molecular flexibility index (Phi) is 2.57. The first-order chi connectivity index (χ1) is 6.73. The lowest BCUT2D eigenvalue weighted by Gasteiger charge is -2.41. The van der Waals surface area contributed by atoms with E-state index in [0.717, 1.165) is 13.0 Å². The maximum Gasteiger partial charge on any atom is 0.0559 e. The van der Waals surface area contributed by atoms with Crippen LogP contribution in [0.3, 0.4) is 0 Å². The Morgan fingerprint density at radius 2 is 2.07 bits per heavy atom. The minimum atomic E-state index is -0.0422. The molecule has 2 unspecified atom stereocenters. The number of nitrogens with one attached hydrogen (secondary N) is 1. The van der Waals surface area contributed by atoms with Crippen LogP contribution in [0.25, 0.3) is 0 Å². The van der Waals surface area contributed by atoms with Crippen molar-refractivity contribution in [2.24, 2.45) is 5.73 Å². The summed E-state index contributed by atoms with van der Waals surface area (Å²) in [5.41, 5.74) is 7.44. The molecule has 0 aromatic heterocycles. The maximum absolute atomic E-state index is 6.18. The van der Waals surface area contributed by atoms with Gasteiger partial charge in [0.1, 0.15) is 0 Å². The van der Waals surface area contributed by atoms with Gasteiger partial charge in [-0.05, 0) is 31.9 Å². The van der Waals surface area contributed by atoms with Crippen LogP contribution >= 0.6 is 0 Å². The number of piperidine rings is 1. The molecule has 0 aliphatic carbocycles. The average Bonchev–Trinajstić information content (AvgIpc) is 2.24. The normalized spacial score (nSPS) is 32.9. The third kappa shape index (κ3) is 1.56. The smallest absolute Gasteiger partial charge is 0.0559 e. The number of nitrogens with two attached hydrogens (primary N) is 1. The largest absolute Gasteiger partial charge is 0.326 e. The molecular formula is C12H18N2. The first-order valence-corrected chi connectivity index (χ1v) is 5.29. The second-order valence-corrected chi connectivity index (χ2v) is 4.24. The van der Waals surface area contributed by atoms with Gasteiger partial charge in [0.05, 0.1) is 5.54 Å². The Morgan fingerprint density at radius 1 is 1.36 bits per heavy atom. The molecule has 0 spiro atoms. The Hall–Kier alpha value is -0.860. The highest BCUT2D eigenvalue weighted by Crippen LogP contribution is 2.28. The summed E-state index contributed by atoms with van der Waals surface area (Å²) in [6.45, 7) is 3.27. The molecular weight excluding hydrogens is 172 g/mol. The molecule has 1 aromatic rings. The fraction of sp³-hybridized carbons (Fsp3) is 0.500. The van der Waals surface area contributed by atoms with Crippen LogP contribution in [0.1, 0.15) is 25.3 Å². The molecule has 2 rings (SSSR count). The molecule has 3 N–H and O–H groups in total. The fourth-order valence-electron chi connectivity index (χ4n) is 2.19. The third-order valence-electron chi connectivity index (χ3n) is 3.30. The van der Waals surface area contributed by atoms with E-state index in [0.29, 0.717) is 0 Å². The summed E-state index contributed by atoms with van der Waals surface area (Å²) in [6.07, 6.45) is 2.29. The van der Waals surface area contributed by atoms with Gasteiger partial charge in [-0.2, -0.15) is 0 Å². The lowest BCUT2D eigenvalue weighted by atomic mass is 9.80. The molecule has 1 fully saturated rings. The van der Waals surface area contributed by atoms with E-state index in [1.165, 1.54) is 12.0 Å². The third-order valence-corrected chi connectivity index (χ3v) is 3.30. The van der Waals surface area contributed by atoms with Gasteiger partial charge in [-0.25, -0.2) is 0 Å². The highest BCUT2D eigenvalue weighted by atomic mass is 15.0. The maximum atomic E-state index is 6.18. The minimum absolute atomic E-state index is 0.0422. The van der Waals surface area contributed by atoms with Crippen molar-refractivity contribution in [1.29, 1.82) is 0 Å². The summed E-state index contributed by atoms with van der Waals surface area (Å²) in [5, 5.41) is 3.54. The number of hydrogen-bond acceptors (Lipinski definition) is 2. The summed E-state index contributed by atoms with van der Waals surface area (Å²) in [4.78, 5) is 0. The molecule has 2 nitrogen and oxygen atoms in total. The highest BCUT2D eigenvalue weighted by Gasteiger charge is 2.34. The van der Waals surface area contributed by atoms with Crippen molar-refractivity contribution in [3.8, 4) is 0 Å². The number of benzene rings is 1. The first kappa shape index (κ1) is 9.69. The SMILES string of the molecule is CC1(c2ccccc2)NCCCC1N. The molecule has 1 aromatic carbocycles. The van der Waals surface area contributed by atoms with Crippen molar-refractivity contribution in [3.05, 3.63) is 35.9 Å². The van der Waals surface area contributed by atoms with E-state index in [-0.39, 0.29) is 11.6 Å². The predicted molar refractivity (Wildman–Crippen MR) is 59.0 cm³/mol. The molecule has 0 amide bonds. The van der Waals surface area contributed by atoms with Gasteiger partial charge < -0.3 is 11.1 Å². The predicted octanol–water partition coefficient (Wildman–Crippen LogP) is 1.61. The van der Waals surface area contributed by atoms with E-state index in [4.69, 9.17) is 5.73 Å². The van der Waals surface area contributed by atoms with Crippen LogP contribution in [0.2, 0.25) is 0 Å².